The van der Waals surface area contributed by atoms with E-state index in [1.165, 1.54) is 16.7 Å². The third-order valence-electron chi connectivity index (χ3n) is 7.18. The van der Waals surface area contributed by atoms with Crippen LogP contribution in [0.15, 0.2) is 97.2 Å². The molecule has 0 radical (unpaired) electrons. The van der Waals surface area contributed by atoms with Crippen LogP contribution in [-0.4, -0.2) is 48.1 Å². The van der Waals surface area contributed by atoms with E-state index >= 15 is 0 Å². The molecule has 4 aromatic rings. The van der Waals surface area contributed by atoms with Gasteiger partial charge in [-0.2, -0.15) is 0 Å². The second-order valence-corrected chi connectivity index (χ2v) is 10.4. The van der Waals surface area contributed by atoms with Crippen molar-refractivity contribution in [2.45, 2.75) is 39.3 Å². The van der Waals surface area contributed by atoms with Crippen molar-refractivity contribution in [2.75, 3.05) is 31.1 Å². The van der Waals surface area contributed by atoms with Crippen molar-refractivity contribution in [3.8, 4) is 11.1 Å². The summed E-state index contributed by atoms with van der Waals surface area (Å²) in [7, 11) is 0. The number of aryl methyl sites for hydroxylation is 2. The van der Waals surface area contributed by atoms with E-state index < -0.39 is 0 Å². The summed E-state index contributed by atoms with van der Waals surface area (Å²) in [6.45, 7) is 8.11. The quantitative estimate of drug-likeness (QED) is 0.239. The number of carbonyl (C=O) groups excluding carboxylic acids is 1. The minimum absolute atomic E-state index is 0.200. The Balaban J connectivity index is 1.27. The maximum absolute atomic E-state index is 13.3. The van der Waals surface area contributed by atoms with Crippen molar-refractivity contribution in [3.63, 3.8) is 0 Å². The summed E-state index contributed by atoms with van der Waals surface area (Å²) in [6.07, 6.45) is 3.70. The summed E-state index contributed by atoms with van der Waals surface area (Å²) in [5, 5.41) is 0. The normalized spacial score (nSPS) is 14.0. The average Bonchev–Trinajstić information content (AvgIpc) is 2.97. The van der Waals surface area contributed by atoms with Crippen LogP contribution in [0.4, 0.5) is 5.82 Å². The molecule has 1 saturated heterocycles. The monoisotopic (exact) mass is 519 g/mol. The summed E-state index contributed by atoms with van der Waals surface area (Å²) >= 11 is 0. The van der Waals surface area contributed by atoms with Gasteiger partial charge >= 0.3 is 5.97 Å². The molecule has 1 aliphatic rings. The maximum Gasteiger partial charge on any atom is 0.342 e. The van der Waals surface area contributed by atoms with Gasteiger partial charge in [-0.05, 0) is 55.0 Å². The van der Waals surface area contributed by atoms with E-state index in [0.717, 1.165) is 56.7 Å². The Labute approximate surface area is 232 Å². The van der Waals surface area contributed by atoms with E-state index in [0.29, 0.717) is 11.4 Å². The number of nitrogens with zero attached hydrogens (tertiary/aromatic N) is 3. The van der Waals surface area contributed by atoms with Crippen LogP contribution in [0.25, 0.3) is 11.1 Å². The first-order chi connectivity index (χ1) is 19.1. The van der Waals surface area contributed by atoms with Gasteiger partial charge in [-0.25, -0.2) is 9.78 Å². The van der Waals surface area contributed by atoms with Crippen LogP contribution in [0.2, 0.25) is 0 Å². The van der Waals surface area contributed by atoms with Gasteiger partial charge in [0.25, 0.3) is 0 Å². The molecule has 5 rings (SSSR count). The SMILES string of the molecule is CC(C)OC(=O)c1c(-c2ccccc2)ccnc1N1CCN(Cc2cccc(CCc3ccccc3)c2)CC1. The highest BCUT2D eigenvalue weighted by Gasteiger charge is 2.27. The first-order valence-corrected chi connectivity index (χ1v) is 13.9. The van der Waals surface area contributed by atoms with Gasteiger partial charge in [0.05, 0.1) is 6.10 Å². The zero-order valence-electron chi connectivity index (χ0n) is 22.9. The van der Waals surface area contributed by atoms with Crippen molar-refractivity contribution in [3.05, 3.63) is 119 Å². The predicted molar refractivity (Wildman–Crippen MR) is 158 cm³/mol. The Kier molecular flexibility index (Phi) is 8.69. The summed E-state index contributed by atoms with van der Waals surface area (Å²) in [6, 6.07) is 31.6. The number of ether oxygens (including phenoxy) is 1. The van der Waals surface area contributed by atoms with Gasteiger partial charge in [-0.15, -0.1) is 0 Å². The number of aromatic nitrogens is 1. The van der Waals surface area contributed by atoms with Crippen LogP contribution in [0, 0.1) is 0 Å². The summed E-state index contributed by atoms with van der Waals surface area (Å²) in [4.78, 5) is 22.7. The van der Waals surface area contributed by atoms with Gasteiger partial charge in [0, 0.05) is 44.5 Å². The lowest BCUT2D eigenvalue weighted by Gasteiger charge is -2.36. The fourth-order valence-corrected chi connectivity index (χ4v) is 5.22. The van der Waals surface area contributed by atoms with Gasteiger partial charge in [-0.3, -0.25) is 4.90 Å². The van der Waals surface area contributed by atoms with Crippen LogP contribution in [0.5, 0.6) is 0 Å². The van der Waals surface area contributed by atoms with Crippen LogP contribution in [0.3, 0.4) is 0 Å². The zero-order chi connectivity index (χ0) is 27.0. The highest BCUT2D eigenvalue weighted by molar-refractivity contribution is 6.02. The van der Waals surface area contributed by atoms with E-state index in [4.69, 9.17) is 4.74 Å². The van der Waals surface area contributed by atoms with Crippen LogP contribution in [-0.2, 0) is 24.1 Å². The Bertz CT molecular complexity index is 1360. The molecule has 0 atom stereocenters. The van der Waals surface area contributed by atoms with Gasteiger partial charge in [0.2, 0.25) is 0 Å². The molecule has 0 N–H and O–H groups in total. The number of esters is 1. The molecule has 0 amide bonds. The largest absolute Gasteiger partial charge is 0.459 e. The number of hydrogen-bond acceptors (Lipinski definition) is 5. The molecule has 0 saturated carbocycles. The first-order valence-electron chi connectivity index (χ1n) is 13.9. The second kappa shape index (κ2) is 12.7. The number of piperazine rings is 1. The second-order valence-electron chi connectivity index (χ2n) is 10.4. The molecule has 3 aromatic carbocycles. The number of carbonyl (C=O) groups is 1. The Morgan fingerprint density at radius 1 is 0.795 bits per heavy atom. The van der Waals surface area contributed by atoms with Crippen molar-refractivity contribution < 1.29 is 9.53 Å². The maximum atomic E-state index is 13.3. The molecule has 1 fully saturated rings. The molecule has 1 aromatic heterocycles. The number of rotatable bonds is 9. The van der Waals surface area contributed by atoms with E-state index in [-0.39, 0.29) is 12.1 Å². The fourth-order valence-electron chi connectivity index (χ4n) is 5.22. The smallest absolute Gasteiger partial charge is 0.342 e. The molecule has 2 heterocycles. The third kappa shape index (κ3) is 6.92. The highest BCUT2D eigenvalue weighted by atomic mass is 16.5. The molecule has 5 nitrogen and oxygen atoms in total. The summed E-state index contributed by atoms with van der Waals surface area (Å²) < 4.78 is 5.67. The van der Waals surface area contributed by atoms with E-state index in [1.807, 2.05) is 50.2 Å². The van der Waals surface area contributed by atoms with Gasteiger partial charge < -0.3 is 9.64 Å². The molecule has 0 aliphatic carbocycles. The third-order valence-corrected chi connectivity index (χ3v) is 7.18. The molecular weight excluding hydrogens is 482 g/mol. The Hall–Kier alpha value is -3.96. The lowest BCUT2D eigenvalue weighted by molar-refractivity contribution is 0.0379. The van der Waals surface area contributed by atoms with Crippen LogP contribution < -0.4 is 4.90 Å². The Morgan fingerprint density at radius 2 is 1.44 bits per heavy atom. The average molecular weight is 520 g/mol. The highest BCUT2D eigenvalue weighted by Crippen LogP contribution is 2.31. The van der Waals surface area contributed by atoms with Crippen molar-refractivity contribution in [1.82, 2.24) is 9.88 Å². The van der Waals surface area contributed by atoms with Gasteiger partial charge in [-0.1, -0.05) is 84.9 Å². The molecular formula is C34H37N3O2. The minimum atomic E-state index is -0.318. The van der Waals surface area contributed by atoms with Gasteiger partial charge in [0.1, 0.15) is 11.4 Å². The number of benzene rings is 3. The van der Waals surface area contributed by atoms with E-state index in [9.17, 15) is 4.79 Å². The zero-order valence-corrected chi connectivity index (χ0v) is 22.9. The lowest BCUT2D eigenvalue weighted by atomic mass is 10.00. The molecule has 0 unspecified atom stereocenters. The van der Waals surface area contributed by atoms with Crippen molar-refractivity contribution >= 4 is 11.8 Å². The van der Waals surface area contributed by atoms with E-state index in [1.54, 1.807) is 6.20 Å². The number of anilines is 1. The predicted octanol–water partition coefficient (Wildman–Crippen LogP) is 6.42. The van der Waals surface area contributed by atoms with Crippen LogP contribution in [0.1, 0.15) is 40.9 Å². The fraction of sp³-hybridized carbons (Fsp3) is 0.294. The minimum Gasteiger partial charge on any atom is -0.459 e. The lowest BCUT2D eigenvalue weighted by Crippen LogP contribution is -2.46. The molecule has 1 aliphatic heterocycles. The topological polar surface area (TPSA) is 45.7 Å². The van der Waals surface area contributed by atoms with Crippen molar-refractivity contribution in [2.24, 2.45) is 0 Å². The molecule has 0 spiro atoms. The van der Waals surface area contributed by atoms with E-state index in [2.05, 4.69) is 69.4 Å². The molecule has 5 heteroatoms. The molecule has 39 heavy (non-hydrogen) atoms. The number of hydrogen-bond donors (Lipinski definition) is 0. The van der Waals surface area contributed by atoms with Gasteiger partial charge in [0.15, 0.2) is 0 Å². The standard InChI is InChI=1S/C34H37N3O2/c1-26(2)39-34(38)32-31(30-14-7-4-8-15-30)18-19-35-33(32)37-22-20-36(21-23-37)25-29-13-9-12-28(24-29)17-16-27-10-5-3-6-11-27/h3-15,18-19,24,26H,16-17,20-23,25H2,1-2H3. The summed E-state index contributed by atoms with van der Waals surface area (Å²) in [5.41, 5.74) is 6.51. The summed E-state index contributed by atoms with van der Waals surface area (Å²) in [5.74, 6) is 0.395. The van der Waals surface area contributed by atoms with Crippen LogP contribution >= 0.6 is 0 Å². The molecule has 0 bridgehead atoms. The Morgan fingerprint density at radius 3 is 2.15 bits per heavy atom. The first kappa shape index (κ1) is 26.6. The van der Waals surface area contributed by atoms with Crippen molar-refractivity contribution in [1.29, 1.82) is 0 Å². The molecule has 200 valence electrons. The number of pyridine rings is 1.